The standard InChI is InChI=1S/C13H20ClNO.ClH/c1-3-4-5-12(16)13(15)10-7-6-9(2)11(14)8-10;/h6-8,12-13,16H,3-5,15H2,1-2H3;1H/t12-,13+;/m1./s1. The van der Waals surface area contributed by atoms with Gasteiger partial charge in [0.1, 0.15) is 0 Å². The van der Waals surface area contributed by atoms with Crippen molar-refractivity contribution in [2.75, 3.05) is 0 Å². The second-order valence-corrected chi connectivity index (χ2v) is 4.65. The highest BCUT2D eigenvalue weighted by atomic mass is 35.5. The molecule has 0 saturated heterocycles. The van der Waals surface area contributed by atoms with Gasteiger partial charge >= 0.3 is 0 Å². The molecule has 0 aliphatic carbocycles. The summed E-state index contributed by atoms with van der Waals surface area (Å²) in [6, 6.07) is 5.37. The van der Waals surface area contributed by atoms with Gasteiger partial charge < -0.3 is 10.8 Å². The van der Waals surface area contributed by atoms with E-state index in [1.54, 1.807) is 0 Å². The zero-order valence-corrected chi connectivity index (χ0v) is 11.9. The first kappa shape index (κ1) is 16.7. The maximum Gasteiger partial charge on any atom is 0.0732 e. The summed E-state index contributed by atoms with van der Waals surface area (Å²) >= 11 is 6.03. The Kier molecular flexibility index (Phi) is 7.80. The molecule has 0 spiro atoms. The molecule has 0 bridgehead atoms. The number of aliphatic hydroxyl groups excluding tert-OH is 1. The van der Waals surface area contributed by atoms with E-state index in [0.717, 1.165) is 30.4 Å². The number of hydrogen-bond donors (Lipinski definition) is 2. The minimum Gasteiger partial charge on any atom is -0.391 e. The van der Waals surface area contributed by atoms with Crippen LogP contribution >= 0.6 is 24.0 Å². The molecule has 17 heavy (non-hydrogen) atoms. The first-order valence-corrected chi connectivity index (χ1v) is 6.13. The summed E-state index contributed by atoms with van der Waals surface area (Å²) in [5, 5.41) is 10.6. The zero-order valence-electron chi connectivity index (χ0n) is 10.3. The van der Waals surface area contributed by atoms with Gasteiger partial charge in [-0.05, 0) is 30.5 Å². The van der Waals surface area contributed by atoms with E-state index in [9.17, 15) is 5.11 Å². The van der Waals surface area contributed by atoms with Crippen LogP contribution < -0.4 is 5.73 Å². The number of halogens is 2. The normalized spacial score (nSPS) is 13.9. The molecular weight excluding hydrogens is 257 g/mol. The predicted octanol–water partition coefficient (Wildman–Crippen LogP) is 3.62. The van der Waals surface area contributed by atoms with Crippen molar-refractivity contribution >= 4 is 24.0 Å². The van der Waals surface area contributed by atoms with Crippen LogP contribution in [0, 0.1) is 6.92 Å². The van der Waals surface area contributed by atoms with Gasteiger partial charge in [0.25, 0.3) is 0 Å². The zero-order chi connectivity index (χ0) is 12.1. The largest absolute Gasteiger partial charge is 0.391 e. The van der Waals surface area contributed by atoms with E-state index < -0.39 is 6.10 Å². The SMILES string of the molecule is CCCC[C@@H](O)[C@@H](N)c1ccc(C)c(Cl)c1.Cl. The molecule has 1 aromatic carbocycles. The third-order valence-corrected chi connectivity index (χ3v) is 3.26. The number of unbranched alkanes of at least 4 members (excludes halogenated alkanes) is 1. The summed E-state index contributed by atoms with van der Waals surface area (Å²) in [4.78, 5) is 0. The van der Waals surface area contributed by atoms with Crippen LogP contribution in [0.15, 0.2) is 18.2 Å². The molecule has 98 valence electrons. The average molecular weight is 278 g/mol. The van der Waals surface area contributed by atoms with Crippen LogP contribution in [-0.4, -0.2) is 11.2 Å². The maximum atomic E-state index is 9.89. The monoisotopic (exact) mass is 277 g/mol. The van der Waals surface area contributed by atoms with Gasteiger partial charge in [-0.25, -0.2) is 0 Å². The van der Waals surface area contributed by atoms with Crippen molar-refractivity contribution in [2.45, 2.75) is 45.3 Å². The van der Waals surface area contributed by atoms with E-state index in [2.05, 4.69) is 6.92 Å². The number of rotatable bonds is 5. The smallest absolute Gasteiger partial charge is 0.0732 e. The molecule has 1 aromatic rings. The summed E-state index contributed by atoms with van der Waals surface area (Å²) in [5.74, 6) is 0. The van der Waals surface area contributed by atoms with Crippen LogP contribution in [0.25, 0.3) is 0 Å². The Hall–Kier alpha value is -0.280. The first-order valence-electron chi connectivity index (χ1n) is 5.76. The second-order valence-electron chi connectivity index (χ2n) is 4.24. The van der Waals surface area contributed by atoms with Gasteiger partial charge in [0.05, 0.1) is 12.1 Å². The highest BCUT2D eigenvalue weighted by Gasteiger charge is 2.16. The van der Waals surface area contributed by atoms with Crippen molar-refractivity contribution in [2.24, 2.45) is 5.73 Å². The Balaban J connectivity index is 0.00000256. The summed E-state index contributed by atoms with van der Waals surface area (Å²) < 4.78 is 0. The minimum atomic E-state index is -0.487. The van der Waals surface area contributed by atoms with Crippen LogP contribution in [0.1, 0.15) is 43.4 Å². The molecule has 2 nitrogen and oxygen atoms in total. The van der Waals surface area contributed by atoms with E-state index in [0.29, 0.717) is 5.02 Å². The van der Waals surface area contributed by atoms with Crippen LogP contribution in [0.3, 0.4) is 0 Å². The molecule has 3 N–H and O–H groups in total. The topological polar surface area (TPSA) is 46.2 Å². The fourth-order valence-corrected chi connectivity index (χ4v) is 1.82. The number of nitrogens with two attached hydrogens (primary N) is 1. The highest BCUT2D eigenvalue weighted by Crippen LogP contribution is 2.23. The number of hydrogen-bond acceptors (Lipinski definition) is 2. The lowest BCUT2D eigenvalue weighted by molar-refractivity contribution is 0.132. The van der Waals surface area contributed by atoms with Crippen molar-refractivity contribution in [1.29, 1.82) is 0 Å². The lowest BCUT2D eigenvalue weighted by atomic mass is 9.98. The number of aryl methyl sites for hydroxylation is 1. The second kappa shape index (κ2) is 7.93. The van der Waals surface area contributed by atoms with Crippen LogP contribution in [0.4, 0.5) is 0 Å². The third-order valence-electron chi connectivity index (χ3n) is 2.85. The van der Waals surface area contributed by atoms with Crippen molar-refractivity contribution in [3.63, 3.8) is 0 Å². The van der Waals surface area contributed by atoms with Gasteiger partial charge in [-0.2, -0.15) is 0 Å². The van der Waals surface area contributed by atoms with Crippen molar-refractivity contribution in [1.82, 2.24) is 0 Å². The summed E-state index contributed by atoms with van der Waals surface area (Å²) in [7, 11) is 0. The molecule has 0 saturated carbocycles. The van der Waals surface area contributed by atoms with Crippen LogP contribution in [0.5, 0.6) is 0 Å². The van der Waals surface area contributed by atoms with Crippen molar-refractivity contribution in [3.8, 4) is 0 Å². The first-order chi connectivity index (χ1) is 7.56. The Labute approximate surface area is 115 Å². The van der Waals surface area contributed by atoms with Gasteiger partial charge in [-0.3, -0.25) is 0 Å². The number of benzene rings is 1. The van der Waals surface area contributed by atoms with Gasteiger partial charge in [0.15, 0.2) is 0 Å². The van der Waals surface area contributed by atoms with E-state index in [1.165, 1.54) is 0 Å². The minimum absolute atomic E-state index is 0. The quantitative estimate of drug-likeness (QED) is 0.864. The molecule has 0 aliphatic heterocycles. The molecule has 0 aliphatic rings. The van der Waals surface area contributed by atoms with Crippen LogP contribution in [-0.2, 0) is 0 Å². The molecule has 0 radical (unpaired) electrons. The van der Waals surface area contributed by atoms with Gasteiger partial charge in [-0.15, -0.1) is 12.4 Å². The van der Waals surface area contributed by atoms with Crippen molar-refractivity contribution in [3.05, 3.63) is 34.3 Å². The predicted molar refractivity (Wildman–Crippen MR) is 75.9 cm³/mol. The average Bonchev–Trinajstić information content (AvgIpc) is 2.28. The van der Waals surface area contributed by atoms with Gasteiger partial charge in [0, 0.05) is 5.02 Å². The maximum absolute atomic E-state index is 9.89. The molecule has 2 atom stereocenters. The fraction of sp³-hybridized carbons (Fsp3) is 0.538. The molecule has 0 aromatic heterocycles. The van der Waals surface area contributed by atoms with E-state index in [4.69, 9.17) is 17.3 Å². The summed E-state index contributed by atoms with van der Waals surface area (Å²) in [5.41, 5.74) is 7.92. The van der Waals surface area contributed by atoms with Crippen molar-refractivity contribution < 1.29 is 5.11 Å². The Bertz CT molecular complexity index is 344. The van der Waals surface area contributed by atoms with E-state index in [1.807, 2.05) is 25.1 Å². The molecule has 0 fully saturated rings. The van der Waals surface area contributed by atoms with E-state index in [-0.39, 0.29) is 18.4 Å². The Morgan fingerprint density at radius 1 is 1.41 bits per heavy atom. The Morgan fingerprint density at radius 3 is 2.59 bits per heavy atom. The summed E-state index contributed by atoms with van der Waals surface area (Å²) in [6.07, 6.45) is 2.31. The molecule has 1 rings (SSSR count). The lowest BCUT2D eigenvalue weighted by Crippen LogP contribution is -2.26. The lowest BCUT2D eigenvalue weighted by Gasteiger charge is -2.19. The molecule has 4 heteroatoms. The Morgan fingerprint density at radius 2 is 2.06 bits per heavy atom. The third kappa shape index (κ3) is 4.84. The van der Waals surface area contributed by atoms with Gasteiger partial charge in [-0.1, -0.05) is 43.5 Å². The molecule has 0 heterocycles. The number of aliphatic hydroxyl groups is 1. The fourth-order valence-electron chi connectivity index (χ4n) is 1.63. The van der Waals surface area contributed by atoms with Gasteiger partial charge in [0.2, 0.25) is 0 Å². The molecular formula is C13H21Cl2NO. The van der Waals surface area contributed by atoms with E-state index >= 15 is 0 Å². The summed E-state index contributed by atoms with van der Waals surface area (Å²) in [6.45, 7) is 4.05. The van der Waals surface area contributed by atoms with Crippen LogP contribution in [0.2, 0.25) is 5.02 Å². The molecule has 0 unspecified atom stereocenters. The highest BCUT2D eigenvalue weighted by molar-refractivity contribution is 6.31. The molecule has 0 amide bonds.